The van der Waals surface area contributed by atoms with Gasteiger partial charge in [-0.2, -0.15) is 13.2 Å². The van der Waals surface area contributed by atoms with E-state index in [1.165, 1.54) is 0 Å². The molecule has 158 valence electrons. The molecule has 1 aliphatic heterocycles. The summed E-state index contributed by atoms with van der Waals surface area (Å²) in [4.78, 5) is 14.2. The number of hydrogen-bond donors (Lipinski definition) is 1. The zero-order chi connectivity index (χ0) is 21.2. The molecule has 0 aliphatic carbocycles. The normalized spacial score (nSPS) is 16.2. The molecule has 3 rings (SSSR count). The van der Waals surface area contributed by atoms with E-state index >= 15 is 0 Å². The highest BCUT2D eigenvalue weighted by molar-refractivity contribution is 7.89. The molecule has 2 heterocycles. The Bertz CT molecular complexity index is 984. The van der Waals surface area contributed by atoms with Crippen molar-refractivity contribution in [2.45, 2.75) is 30.8 Å². The minimum Gasteiger partial charge on any atom is -0.338 e. The van der Waals surface area contributed by atoms with Crippen LogP contribution in [0.3, 0.4) is 0 Å². The number of rotatable bonds is 5. The van der Waals surface area contributed by atoms with Crippen LogP contribution >= 0.6 is 11.5 Å². The maximum Gasteiger partial charge on any atom is 0.416 e. The fraction of sp³-hybridized carbons (Fsp3) is 0.471. The van der Waals surface area contributed by atoms with E-state index in [1.807, 2.05) is 0 Å². The molecule has 0 atom stereocenters. The molecule has 29 heavy (non-hydrogen) atoms. The van der Waals surface area contributed by atoms with E-state index in [1.54, 1.807) is 11.8 Å². The van der Waals surface area contributed by atoms with Crippen LogP contribution in [0, 0.1) is 12.8 Å². The number of carbonyl (C=O) groups is 1. The number of piperidine rings is 1. The Morgan fingerprint density at radius 2 is 2.00 bits per heavy atom. The van der Waals surface area contributed by atoms with Crippen molar-refractivity contribution in [1.29, 1.82) is 0 Å². The number of likely N-dealkylation sites (tertiary alicyclic amines) is 1. The molecule has 1 amide bonds. The third-order valence-electron chi connectivity index (χ3n) is 4.78. The van der Waals surface area contributed by atoms with E-state index < -0.39 is 26.7 Å². The van der Waals surface area contributed by atoms with Crippen molar-refractivity contribution in [3.8, 4) is 0 Å². The summed E-state index contributed by atoms with van der Waals surface area (Å²) in [6.07, 6.45) is -3.44. The average Bonchev–Trinajstić information content (AvgIpc) is 3.11. The molecule has 0 spiro atoms. The number of benzene rings is 1. The molecule has 0 bridgehead atoms. The summed E-state index contributed by atoms with van der Waals surface area (Å²) in [5.41, 5.74) is -0.434. The predicted octanol–water partition coefficient (Wildman–Crippen LogP) is 2.70. The third-order valence-corrected chi connectivity index (χ3v) is 7.02. The SMILES string of the molecule is Cc1nnsc1C(=O)N1CCC(CNS(=O)(=O)c2cccc(C(F)(F)F)c2)CC1. The summed E-state index contributed by atoms with van der Waals surface area (Å²) in [5, 5.41) is 3.83. The van der Waals surface area contributed by atoms with Gasteiger partial charge in [0.05, 0.1) is 16.2 Å². The number of nitrogens with zero attached hydrogens (tertiary/aromatic N) is 3. The van der Waals surface area contributed by atoms with Crippen LogP contribution in [0.15, 0.2) is 29.2 Å². The molecule has 1 aromatic heterocycles. The number of amides is 1. The Morgan fingerprint density at radius 3 is 2.59 bits per heavy atom. The summed E-state index contributed by atoms with van der Waals surface area (Å²) in [7, 11) is -4.06. The van der Waals surface area contributed by atoms with Crippen molar-refractivity contribution in [2.24, 2.45) is 5.92 Å². The van der Waals surface area contributed by atoms with Crippen molar-refractivity contribution in [3.63, 3.8) is 0 Å². The van der Waals surface area contributed by atoms with Crippen LogP contribution in [0.4, 0.5) is 13.2 Å². The molecular weight excluding hydrogens is 429 g/mol. The van der Waals surface area contributed by atoms with Crippen molar-refractivity contribution in [3.05, 3.63) is 40.4 Å². The fourth-order valence-electron chi connectivity index (χ4n) is 3.06. The van der Waals surface area contributed by atoms with Crippen molar-refractivity contribution >= 4 is 27.5 Å². The first-order valence-electron chi connectivity index (χ1n) is 8.83. The van der Waals surface area contributed by atoms with Gasteiger partial charge in [-0.1, -0.05) is 10.6 Å². The first-order chi connectivity index (χ1) is 13.6. The number of aromatic nitrogens is 2. The lowest BCUT2D eigenvalue weighted by Gasteiger charge is -2.31. The lowest BCUT2D eigenvalue weighted by Crippen LogP contribution is -2.41. The van der Waals surface area contributed by atoms with Crippen LogP contribution < -0.4 is 4.72 Å². The van der Waals surface area contributed by atoms with Crippen molar-refractivity contribution in [2.75, 3.05) is 19.6 Å². The van der Waals surface area contributed by atoms with Gasteiger partial charge < -0.3 is 4.90 Å². The van der Waals surface area contributed by atoms with Gasteiger partial charge in [0.25, 0.3) is 5.91 Å². The standard InChI is InChI=1S/C17H19F3N4O3S2/c1-11-15(28-23-22-11)16(25)24-7-5-12(6-8-24)10-21-29(26,27)14-4-2-3-13(9-14)17(18,19)20/h2-4,9,12,21H,5-8,10H2,1H3. The fourth-order valence-corrected chi connectivity index (χ4v) is 4.85. The van der Waals surface area contributed by atoms with E-state index in [2.05, 4.69) is 14.3 Å². The highest BCUT2D eigenvalue weighted by atomic mass is 32.2. The quantitative estimate of drug-likeness (QED) is 0.759. The molecule has 0 saturated carbocycles. The maximum absolute atomic E-state index is 12.8. The molecule has 12 heteroatoms. The smallest absolute Gasteiger partial charge is 0.338 e. The zero-order valence-electron chi connectivity index (χ0n) is 15.4. The van der Waals surface area contributed by atoms with Crippen LogP contribution in [-0.2, 0) is 16.2 Å². The second kappa shape index (κ2) is 8.36. The maximum atomic E-state index is 12.8. The van der Waals surface area contributed by atoms with Crippen molar-refractivity contribution in [1.82, 2.24) is 19.2 Å². The highest BCUT2D eigenvalue weighted by Gasteiger charge is 2.32. The number of sulfonamides is 1. The molecule has 1 aromatic carbocycles. The van der Waals surface area contributed by atoms with Crippen molar-refractivity contribution < 1.29 is 26.4 Å². The van der Waals surface area contributed by atoms with Crippen LogP contribution in [0.2, 0.25) is 0 Å². The van der Waals surface area contributed by atoms with Crippen LogP contribution in [0.5, 0.6) is 0 Å². The number of halogens is 3. The third kappa shape index (κ3) is 5.11. The average molecular weight is 448 g/mol. The van der Waals surface area contributed by atoms with Gasteiger partial charge in [0.2, 0.25) is 10.0 Å². The molecule has 1 N–H and O–H groups in total. The van der Waals surface area contributed by atoms with Gasteiger partial charge in [0, 0.05) is 19.6 Å². The van der Waals surface area contributed by atoms with E-state index in [-0.39, 0.29) is 18.4 Å². The monoisotopic (exact) mass is 448 g/mol. The van der Waals surface area contributed by atoms with E-state index in [0.717, 1.165) is 29.7 Å². The van der Waals surface area contributed by atoms with Crippen LogP contribution in [-0.4, -0.2) is 48.4 Å². The van der Waals surface area contributed by atoms with Gasteiger partial charge in [-0.05, 0) is 55.4 Å². The summed E-state index contributed by atoms with van der Waals surface area (Å²) in [5.74, 6) is -0.152. The van der Waals surface area contributed by atoms with Gasteiger partial charge in [0.15, 0.2) is 0 Å². The molecule has 0 unspecified atom stereocenters. The summed E-state index contributed by atoms with van der Waals surface area (Å²) >= 11 is 1.04. The Labute approximate surface area is 170 Å². The second-order valence-electron chi connectivity index (χ2n) is 6.80. The number of nitrogens with one attached hydrogen (secondary N) is 1. The van der Waals surface area contributed by atoms with Crippen LogP contribution in [0.1, 0.15) is 33.8 Å². The number of alkyl halides is 3. The minimum absolute atomic E-state index is 0.0136. The lowest BCUT2D eigenvalue weighted by molar-refractivity contribution is -0.137. The Kier molecular flexibility index (Phi) is 6.24. The molecule has 0 radical (unpaired) electrons. The van der Waals surface area contributed by atoms with Crippen LogP contribution in [0.25, 0.3) is 0 Å². The second-order valence-corrected chi connectivity index (χ2v) is 9.32. The van der Waals surface area contributed by atoms with Gasteiger partial charge in [-0.3, -0.25) is 4.79 Å². The van der Waals surface area contributed by atoms with Gasteiger partial charge in [-0.25, -0.2) is 13.1 Å². The highest BCUT2D eigenvalue weighted by Crippen LogP contribution is 2.30. The molecule has 1 aliphatic rings. The van der Waals surface area contributed by atoms with Gasteiger partial charge >= 0.3 is 6.18 Å². The lowest BCUT2D eigenvalue weighted by atomic mass is 9.97. The topological polar surface area (TPSA) is 92.3 Å². The number of aryl methyl sites for hydroxylation is 1. The Morgan fingerprint density at radius 1 is 1.31 bits per heavy atom. The van der Waals surface area contributed by atoms with E-state index in [4.69, 9.17) is 0 Å². The van der Waals surface area contributed by atoms with Gasteiger partial charge in [0.1, 0.15) is 4.88 Å². The number of carbonyl (C=O) groups excluding carboxylic acids is 1. The van der Waals surface area contributed by atoms with E-state index in [9.17, 15) is 26.4 Å². The summed E-state index contributed by atoms with van der Waals surface area (Å²) in [6.45, 7) is 2.74. The minimum atomic E-state index is -4.61. The summed E-state index contributed by atoms with van der Waals surface area (Å²) in [6, 6.07) is 3.64. The predicted molar refractivity (Wildman–Crippen MR) is 99.9 cm³/mol. The summed E-state index contributed by atoms with van der Waals surface area (Å²) < 4.78 is 69.3. The first-order valence-corrected chi connectivity index (χ1v) is 11.1. The molecule has 2 aromatic rings. The zero-order valence-corrected chi connectivity index (χ0v) is 17.1. The largest absolute Gasteiger partial charge is 0.416 e. The Hall–Kier alpha value is -2.05. The Balaban J connectivity index is 1.56. The number of hydrogen-bond acceptors (Lipinski definition) is 6. The van der Waals surface area contributed by atoms with E-state index in [0.29, 0.717) is 42.6 Å². The molecule has 1 fully saturated rings. The first kappa shape index (κ1) is 21.7. The molecule has 1 saturated heterocycles. The van der Waals surface area contributed by atoms with Gasteiger partial charge in [-0.15, -0.1) is 5.10 Å². The molecule has 7 nitrogen and oxygen atoms in total. The molecular formula is C17H19F3N4O3S2.